The molecule has 6 nitrogen and oxygen atoms in total. The van der Waals surface area contributed by atoms with Crippen molar-refractivity contribution in [2.24, 2.45) is 0 Å². The fourth-order valence-corrected chi connectivity index (χ4v) is 6.69. The van der Waals surface area contributed by atoms with E-state index in [-0.39, 0.29) is 9.81 Å². The quantitative estimate of drug-likeness (QED) is 0.122. The molecule has 2 amide bonds. The van der Waals surface area contributed by atoms with E-state index in [2.05, 4.69) is 0 Å². The van der Waals surface area contributed by atoms with Gasteiger partial charge in [0.25, 0.3) is 11.8 Å². The Balaban J connectivity index is 1.94. The number of unbranched alkanes of at least 4 members (excludes halogenated alkanes) is 1. The molecule has 0 saturated carbocycles. The van der Waals surface area contributed by atoms with E-state index in [1.807, 2.05) is 13.8 Å². The van der Waals surface area contributed by atoms with Crippen molar-refractivity contribution in [3.63, 3.8) is 0 Å². The fourth-order valence-electron chi connectivity index (χ4n) is 3.92. The third-order valence-corrected chi connectivity index (χ3v) is 8.36. The zero-order chi connectivity index (χ0) is 28.3. The molecule has 2 aliphatic rings. The van der Waals surface area contributed by atoms with E-state index in [0.29, 0.717) is 27.9 Å². The molecule has 0 atom stereocenters. The first-order chi connectivity index (χ1) is 17.8. The Labute approximate surface area is 225 Å². The number of hydrogen-bond acceptors (Lipinski definition) is 6. The molecule has 0 bridgehead atoms. The second-order valence-electron chi connectivity index (χ2n) is 8.75. The summed E-state index contributed by atoms with van der Waals surface area (Å²) < 4.78 is 88.0. The number of halogens is 6. The van der Waals surface area contributed by atoms with Crippen molar-refractivity contribution in [1.82, 2.24) is 10.0 Å². The van der Waals surface area contributed by atoms with E-state index in [0.717, 1.165) is 51.9 Å². The number of rotatable bonds is 11. The van der Waals surface area contributed by atoms with Crippen LogP contribution in [0.25, 0.3) is 0 Å². The van der Waals surface area contributed by atoms with E-state index in [4.69, 9.17) is 9.47 Å². The second-order valence-corrected chi connectivity index (χ2v) is 11.0. The normalized spacial score (nSPS) is 16.1. The molecule has 1 fully saturated rings. The number of hydrazine groups is 1. The van der Waals surface area contributed by atoms with Gasteiger partial charge < -0.3 is 9.47 Å². The fraction of sp³-hybridized carbons (Fsp3) is 0.583. The van der Waals surface area contributed by atoms with Gasteiger partial charge in [0.2, 0.25) is 0 Å². The van der Waals surface area contributed by atoms with Crippen LogP contribution in [0.3, 0.4) is 0 Å². The number of alkyl halides is 6. The van der Waals surface area contributed by atoms with Crippen molar-refractivity contribution in [3.05, 3.63) is 21.4 Å². The van der Waals surface area contributed by atoms with Crippen LogP contribution < -0.4 is 9.47 Å². The molecule has 0 aliphatic carbocycles. The first kappa shape index (κ1) is 30.3. The number of thioether (sulfide) groups is 2. The molecule has 2 aliphatic heterocycles. The van der Waals surface area contributed by atoms with Crippen LogP contribution >= 0.6 is 23.5 Å². The van der Waals surface area contributed by atoms with Crippen LogP contribution in [-0.2, 0) is 9.59 Å². The van der Waals surface area contributed by atoms with Crippen LogP contribution in [0.15, 0.2) is 25.7 Å². The summed E-state index contributed by atoms with van der Waals surface area (Å²) in [6, 6.07) is 1.77. The van der Waals surface area contributed by atoms with Gasteiger partial charge in [0.05, 0.1) is 27.7 Å². The number of aryl methyl sites for hydroxylation is 1. The van der Waals surface area contributed by atoms with E-state index in [9.17, 15) is 35.9 Å². The minimum atomic E-state index is -4.48. The van der Waals surface area contributed by atoms with Crippen LogP contribution in [0.2, 0.25) is 0 Å². The molecule has 1 saturated heterocycles. The maximum atomic E-state index is 13.3. The molecule has 1 aromatic carbocycles. The average Bonchev–Trinajstić information content (AvgIpc) is 3.33. The van der Waals surface area contributed by atoms with Crippen LogP contribution in [0.4, 0.5) is 26.3 Å². The van der Waals surface area contributed by atoms with Gasteiger partial charge in [-0.3, -0.25) is 9.59 Å². The highest BCUT2D eigenvalue weighted by atomic mass is 32.2. The number of hydrogen-bond donors (Lipinski definition) is 0. The third kappa shape index (κ3) is 7.25. The number of fused-ring (bicyclic) bond motifs is 1. The van der Waals surface area contributed by atoms with Gasteiger partial charge in [-0.25, -0.2) is 10.0 Å². The number of carbonyl (C=O) groups is 2. The molecule has 2 heterocycles. The molecule has 0 spiro atoms. The summed E-state index contributed by atoms with van der Waals surface area (Å²) in [7, 11) is 1.47. The largest absolute Gasteiger partial charge is 0.496 e. The van der Waals surface area contributed by atoms with Crippen molar-refractivity contribution in [2.45, 2.75) is 74.5 Å². The molecule has 14 heteroatoms. The summed E-state index contributed by atoms with van der Waals surface area (Å²) in [5, 5.41) is 1.66. The highest BCUT2D eigenvalue weighted by molar-refractivity contribution is 8.25. The minimum Gasteiger partial charge on any atom is -0.496 e. The molecule has 212 valence electrons. The van der Waals surface area contributed by atoms with Crippen LogP contribution in [0.1, 0.15) is 51.0 Å². The van der Waals surface area contributed by atoms with E-state index in [1.54, 1.807) is 6.07 Å². The zero-order valence-corrected chi connectivity index (χ0v) is 22.7. The van der Waals surface area contributed by atoms with Crippen molar-refractivity contribution >= 4 is 35.3 Å². The Morgan fingerprint density at radius 2 is 1.39 bits per heavy atom. The Kier molecular flexibility index (Phi) is 9.82. The number of amides is 2. The van der Waals surface area contributed by atoms with Gasteiger partial charge in [-0.2, -0.15) is 26.3 Å². The molecule has 3 rings (SSSR count). The van der Waals surface area contributed by atoms with Crippen LogP contribution in [0, 0.1) is 6.92 Å². The van der Waals surface area contributed by atoms with Gasteiger partial charge in [-0.1, -0.05) is 36.9 Å². The van der Waals surface area contributed by atoms with E-state index in [1.165, 1.54) is 7.11 Å². The summed E-state index contributed by atoms with van der Waals surface area (Å²) in [5.41, 5.74) is 0.497. The van der Waals surface area contributed by atoms with Crippen molar-refractivity contribution in [2.75, 3.05) is 26.8 Å². The summed E-state index contributed by atoms with van der Waals surface area (Å²) >= 11 is 2.21. The summed E-state index contributed by atoms with van der Waals surface area (Å²) in [6.07, 6.45) is -10.6. The first-order valence-electron chi connectivity index (χ1n) is 12.0. The molecular formula is C24H28F6N2O4S2. The molecule has 0 radical (unpaired) electrons. The Bertz CT molecular complexity index is 1050. The van der Waals surface area contributed by atoms with Gasteiger partial charge in [0.15, 0.2) is 0 Å². The maximum absolute atomic E-state index is 13.3. The molecule has 0 aromatic heterocycles. The predicted molar refractivity (Wildman–Crippen MR) is 131 cm³/mol. The summed E-state index contributed by atoms with van der Waals surface area (Å²) in [5.74, 6) is -0.605. The Hall–Kier alpha value is -2.22. The topological polar surface area (TPSA) is 59.1 Å². The third-order valence-electron chi connectivity index (χ3n) is 5.75. The summed E-state index contributed by atoms with van der Waals surface area (Å²) in [6.45, 7) is 3.38. The van der Waals surface area contributed by atoms with Crippen molar-refractivity contribution in [1.29, 1.82) is 0 Å². The van der Waals surface area contributed by atoms with E-state index >= 15 is 0 Å². The highest BCUT2D eigenvalue weighted by Gasteiger charge is 2.45. The van der Waals surface area contributed by atoms with Gasteiger partial charge in [-0.05, 0) is 37.8 Å². The van der Waals surface area contributed by atoms with Crippen LogP contribution in [-0.4, -0.2) is 61.0 Å². The molecule has 0 N–H and O–H groups in total. The van der Waals surface area contributed by atoms with Gasteiger partial charge >= 0.3 is 12.4 Å². The molecule has 0 unspecified atom stereocenters. The number of carbonyl (C=O) groups excluding carboxylic acids is 2. The van der Waals surface area contributed by atoms with Crippen LogP contribution in [0.5, 0.6) is 11.5 Å². The van der Waals surface area contributed by atoms with Gasteiger partial charge in [0, 0.05) is 25.9 Å². The maximum Gasteiger partial charge on any atom is 0.389 e. The summed E-state index contributed by atoms with van der Waals surface area (Å²) in [4.78, 5) is 27.9. The van der Waals surface area contributed by atoms with Crippen molar-refractivity contribution < 1.29 is 45.4 Å². The van der Waals surface area contributed by atoms with Crippen molar-refractivity contribution in [3.8, 4) is 11.5 Å². The Morgan fingerprint density at radius 1 is 0.868 bits per heavy atom. The second kappa shape index (κ2) is 12.3. The smallest absolute Gasteiger partial charge is 0.389 e. The number of benzene rings is 1. The highest BCUT2D eigenvalue weighted by Crippen LogP contribution is 2.60. The molecule has 1 aromatic rings. The zero-order valence-electron chi connectivity index (χ0n) is 21.1. The first-order valence-corrected chi connectivity index (χ1v) is 13.6. The number of nitrogens with zero attached hydrogens (tertiary/aromatic N) is 2. The Morgan fingerprint density at radius 3 is 1.87 bits per heavy atom. The monoisotopic (exact) mass is 586 g/mol. The minimum absolute atomic E-state index is 0.276. The van der Waals surface area contributed by atoms with E-state index < -0.39 is 62.9 Å². The standard InChI is InChI=1S/C24H28F6N2O4S2/c1-4-5-12-36-17-14(2)13-15(35-3)18-19(17)38-22(37-18)16-20(33)31(10-6-8-23(25,26)27)32(21(16)34)11-7-9-24(28,29)30/h13H,4-12H2,1-3H3. The lowest BCUT2D eigenvalue weighted by Gasteiger charge is -2.27. The number of ether oxygens (including phenoxy) is 2. The molecular weight excluding hydrogens is 558 g/mol. The van der Waals surface area contributed by atoms with Gasteiger partial charge in [0.1, 0.15) is 17.1 Å². The lowest BCUT2D eigenvalue weighted by molar-refractivity contribution is -0.155. The molecule has 38 heavy (non-hydrogen) atoms. The predicted octanol–water partition coefficient (Wildman–Crippen LogP) is 6.86. The average molecular weight is 587 g/mol. The lowest BCUT2D eigenvalue weighted by Crippen LogP contribution is -2.42. The SMILES string of the molecule is CCCCOc1c(C)cc(OC)c2c1SC(=C1C(=O)N(CCCC(F)(F)F)N(CCCC(F)(F)F)C1=O)S2. The lowest BCUT2D eigenvalue weighted by atomic mass is 10.2. The number of methoxy groups -OCH3 is 1. The van der Waals surface area contributed by atoms with Gasteiger partial charge in [-0.15, -0.1) is 0 Å².